The highest BCUT2D eigenvalue weighted by atomic mass is 16.5. The van der Waals surface area contributed by atoms with Crippen molar-refractivity contribution in [2.45, 2.75) is 40.0 Å². The third kappa shape index (κ3) is 4.42. The van der Waals surface area contributed by atoms with Crippen molar-refractivity contribution in [2.75, 3.05) is 17.2 Å². The molecule has 0 saturated heterocycles. The SMILES string of the molecule is Cc1c(C(=O)Nc2cccc(NC(=O)OCC(C)C)c2)oc2c1C(=O)CCC2. The van der Waals surface area contributed by atoms with Gasteiger partial charge in [0.05, 0.1) is 12.2 Å². The Morgan fingerprint density at radius 1 is 1.18 bits per heavy atom. The Labute approximate surface area is 163 Å². The lowest BCUT2D eigenvalue weighted by Crippen LogP contribution is -2.17. The molecule has 0 saturated carbocycles. The standard InChI is InChI=1S/C21H24N2O5/c1-12(2)11-27-21(26)23-15-7-4-6-14(10-15)22-20(25)19-13(3)18-16(24)8-5-9-17(18)28-19/h4,6-7,10,12H,5,8-9,11H2,1-3H3,(H,22,25)(H,23,26). The van der Waals surface area contributed by atoms with Crippen molar-refractivity contribution >= 4 is 29.2 Å². The molecule has 0 aliphatic heterocycles. The fourth-order valence-corrected chi connectivity index (χ4v) is 3.12. The van der Waals surface area contributed by atoms with Crippen molar-refractivity contribution in [3.63, 3.8) is 0 Å². The molecule has 1 heterocycles. The molecular weight excluding hydrogens is 360 g/mol. The number of furan rings is 1. The summed E-state index contributed by atoms with van der Waals surface area (Å²) in [7, 11) is 0. The maximum Gasteiger partial charge on any atom is 0.411 e. The van der Waals surface area contributed by atoms with Gasteiger partial charge in [0, 0.05) is 29.8 Å². The van der Waals surface area contributed by atoms with Gasteiger partial charge < -0.3 is 14.5 Å². The van der Waals surface area contributed by atoms with Crippen LogP contribution in [0.3, 0.4) is 0 Å². The molecule has 0 radical (unpaired) electrons. The van der Waals surface area contributed by atoms with E-state index in [-0.39, 0.29) is 17.5 Å². The summed E-state index contributed by atoms with van der Waals surface area (Å²) in [4.78, 5) is 36.5. The molecular formula is C21H24N2O5. The molecule has 7 nitrogen and oxygen atoms in total. The molecule has 2 N–H and O–H groups in total. The number of benzene rings is 1. The van der Waals surface area contributed by atoms with Gasteiger partial charge in [0.2, 0.25) is 0 Å². The van der Waals surface area contributed by atoms with E-state index in [0.29, 0.717) is 47.7 Å². The Kier molecular flexibility index (Phi) is 5.82. The van der Waals surface area contributed by atoms with Gasteiger partial charge in [-0.2, -0.15) is 0 Å². The molecule has 0 atom stereocenters. The fraction of sp³-hybridized carbons (Fsp3) is 0.381. The summed E-state index contributed by atoms with van der Waals surface area (Å²) in [6, 6.07) is 6.72. The predicted octanol–water partition coefficient (Wildman–Crippen LogP) is 4.56. The van der Waals surface area contributed by atoms with Gasteiger partial charge in [0.1, 0.15) is 5.76 Å². The minimum absolute atomic E-state index is 0.0210. The summed E-state index contributed by atoms with van der Waals surface area (Å²) in [5, 5.41) is 5.38. The molecule has 7 heteroatoms. The number of rotatable bonds is 5. The Morgan fingerprint density at radius 3 is 2.57 bits per heavy atom. The zero-order chi connectivity index (χ0) is 20.3. The van der Waals surface area contributed by atoms with Crippen molar-refractivity contribution in [3.05, 3.63) is 46.9 Å². The van der Waals surface area contributed by atoms with E-state index in [1.54, 1.807) is 31.2 Å². The molecule has 1 aliphatic carbocycles. The number of hydrogen-bond donors (Lipinski definition) is 2. The van der Waals surface area contributed by atoms with E-state index in [9.17, 15) is 14.4 Å². The molecule has 0 fully saturated rings. The van der Waals surface area contributed by atoms with Crippen molar-refractivity contribution in [2.24, 2.45) is 5.92 Å². The van der Waals surface area contributed by atoms with E-state index >= 15 is 0 Å². The minimum atomic E-state index is -0.551. The number of carbonyl (C=O) groups is 3. The summed E-state index contributed by atoms with van der Waals surface area (Å²) in [5.74, 6) is 0.565. The van der Waals surface area contributed by atoms with Gasteiger partial charge in [0.15, 0.2) is 11.5 Å². The molecule has 28 heavy (non-hydrogen) atoms. The first-order valence-corrected chi connectivity index (χ1v) is 9.35. The third-order valence-electron chi connectivity index (χ3n) is 4.43. The van der Waals surface area contributed by atoms with Crippen LogP contribution in [0.5, 0.6) is 0 Å². The van der Waals surface area contributed by atoms with Crippen LogP contribution in [0.2, 0.25) is 0 Å². The van der Waals surface area contributed by atoms with E-state index in [2.05, 4.69) is 10.6 Å². The highest BCUT2D eigenvalue weighted by Gasteiger charge is 2.28. The van der Waals surface area contributed by atoms with Gasteiger partial charge in [-0.05, 0) is 37.5 Å². The maximum absolute atomic E-state index is 12.6. The Balaban J connectivity index is 1.70. The van der Waals surface area contributed by atoms with Crippen LogP contribution in [0.4, 0.5) is 16.2 Å². The summed E-state index contributed by atoms with van der Waals surface area (Å²) in [6.45, 7) is 5.95. The molecule has 2 aromatic rings. The molecule has 148 valence electrons. The van der Waals surface area contributed by atoms with E-state index in [0.717, 1.165) is 6.42 Å². The van der Waals surface area contributed by atoms with Crippen LogP contribution in [0.1, 0.15) is 58.9 Å². The molecule has 1 aliphatic rings. The summed E-state index contributed by atoms with van der Waals surface area (Å²) in [6.07, 6.45) is 1.33. The summed E-state index contributed by atoms with van der Waals surface area (Å²) < 4.78 is 10.8. The Hall–Kier alpha value is -3.09. The number of ether oxygens (including phenoxy) is 1. The van der Waals surface area contributed by atoms with Crippen LogP contribution in [0, 0.1) is 12.8 Å². The lowest BCUT2D eigenvalue weighted by molar-refractivity contribution is 0.0963. The largest absolute Gasteiger partial charge is 0.455 e. The number of fused-ring (bicyclic) bond motifs is 1. The monoisotopic (exact) mass is 384 g/mol. The number of anilines is 2. The average Bonchev–Trinajstić information content (AvgIpc) is 2.98. The van der Waals surface area contributed by atoms with E-state index in [4.69, 9.17) is 9.15 Å². The van der Waals surface area contributed by atoms with Gasteiger partial charge in [-0.15, -0.1) is 0 Å². The second-order valence-electron chi connectivity index (χ2n) is 7.28. The number of carbonyl (C=O) groups excluding carboxylic acids is 3. The van der Waals surface area contributed by atoms with E-state index in [1.807, 2.05) is 13.8 Å². The van der Waals surface area contributed by atoms with Crippen molar-refractivity contribution in [1.29, 1.82) is 0 Å². The van der Waals surface area contributed by atoms with Gasteiger partial charge >= 0.3 is 6.09 Å². The topological polar surface area (TPSA) is 97.6 Å². The first kappa shape index (κ1) is 19.7. The molecule has 0 bridgehead atoms. The first-order chi connectivity index (χ1) is 13.3. The van der Waals surface area contributed by atoms with Crippen LogP contribution >= 0.6 is 0 Å². The second-order valence-corrected chi connectivity index (χ2v) is 7.28. The zero-order valence-electron chi connectivity index (χ0n) is 16.3. The molecule has 1 aromatic carbocycles. The highest BCUT2D eigenvalue weighted by Crippen LogP contribution is 2.30. The Morgan fingerprint density at radius 2 is 1.89 bits per heavy atom. The van der Waals surface area contributed by atoms with Crippen molar-refractivity contribution in [3.8, 4) is 0 Å². The molecule has 3 rings (SSSR count). The third-order valence-corrected chi connectivity index (χ3v) is 4.43. The number of ketones is 1. The second kappa shape index (κ2) is 8.29. The fourth-order valence-electron chi connectivity index (χ4n) is 3.12. The smallest absolute Gasteiger partial charge is 0.411 e. The van der Waals surface area contributed by atoms with Crippen LogP contribution in [0.15, 0.2) is 28.7 Å². The highest BCUT2D eigenvalue weighted by molar-refractivity contribution is 6.07. The molecule has 2 amide bonds. The molecule has 0 spiro atoms. The van der Waals surface area contributed by atoms with Crippen LogP contribution in [-0.2, 0) is 11.2 Å². The van der Waals surface area contributed by atoms with Crippen LogP contribution in [0.25, 0.3) is 0 Å². The van der Waals surface area contributed by atoms with Crippen LogP contribution in [-0.4, -0.2) is 24.4 Å². The van der Waals surface area contributed by atoms with Gasteiger partial charge in [-0.1, -0.05) is 19.9 Å². The number of amides is 2. The average molecular weight is 384 g/mol. The van der Waals surface area contributed by atoms with E-state index < -0.39 is 12.0 Å². The van der Waals surface area contributed by atoms with Crippen molar-refractivity contribution < 1.29 is 23.5 Å². The van der Waals surface area contributed by atoms with Gasteiger partial charge in [-0.25, -0.2) is 4.79 Å². The van der Waals surface area contributed by atoms with Crippen molar-refractivity contribution in [1.82, 2.24) is 0 Å². The zero-order valence-corrected chi connectivity index (χ0v) is 16.3. The molecule has 1 aromatic heterocycles. The minimum Gasteiger partial charge on any atom is -0.455 e. The van der Waals surface area contributed by atoms with E-state index in [1.165, 1.54) is 0 Å². The van der Waals surface area contributed by atoms with Gasteiger partial charge in [0.25, 0.3) is 5.91 Å². The Bertz CT molecular complexity index is 914. The van der Waals surface area contributed by atoms with Crippen LogP contribution < -0.4 is 10.6 Å². The molecule has 0 unspecified atom stereocenters. The maximum atomic E-state index is 12.6. The predicted molar refractivity (Wildman–Crippen MR) is 105 cm³/mol. The summed E-state index contributed by atoms with van der Waals surface area (Å²) in [5.41, 5.74) is 2.10. The lowest BCUT2D eigenvalue weighted by atomic mass is 9.94. The summed E-state index contributed by atoms with van der Waals surface area (Å²) >= 11 is 0. The number of aryl methyl sites for hydroxylation is 1. The quantitative estimate of drug-likeness (QED) is 0.787. The number of nitrogens with one attached hydrogen (secondary N) is 2. The lowest BCUT2D eigenvalue weighted by Gasteiger charge is -2.10. The normalized spacial score (nSPS) is 13.2. The number of hydrogen-bond acceptors (Lipinski definition) is 5. The van der Waals surface area contributed by atoms with Gasteiger partial charge in [-0.3, -0.25) is 14.9 Å². The first-order valence-electron chi connectivity index (χ1n) is 9.35. The number of Topliss-reactive ketones (excluding diaryl/α,β-unsaturated/α-hetero) is 1.